The van der Waals surface area contributed by atoms with Crippen LogP contribution in [0.15, 0.2) is 23.1 Å². The van der Waals surface area contributed by atoms with Gasteiger partial charge in [-0.1, -0.05) is 5.92 Å². The van der Waals surface area contributed by atoms with E-state index in [9.17, 15) is 4.79 Å². The number of methoxy groups -OCH3 is 3. The normalized spacial score (nSPS) is 11.3. The van der Waals surface area contributed by atoms with Crippen LogP contribution in [0.3, 0.4) is 0 Å². The second-order valence-corrected chi connectivity index (χ2v) is 5.52. The van der Waals surface area contributed by atoms with E-state index in [-0.39, 0.29) is 11.9 Å². The van der Waals surface area contributed by atoms with Crippen LogP contribution in [0.1, 0.15) is 36.3 Å². The molecule has 0 saturated carbocycles. The maximum atomic E-state index is 11.5. The number of hydrogen-bond acceptors (Lipinski definition) is 6. The van der Waals surface area contributed by atoms with E-state index in [0.717, 1.165) is 5.56 Å². The molecule has 7 heteroatoms. The number of oxazole rings is 1. The number of aryl methyl sites for hydroxylation is 1. The second kappa shape index (κ2) is 8.81. The molecular formula is C19H22N2O5. The number of terminal acetylenes is 1. The molecule has 1 heterocycles. The van der Waals surface area contributed by atoms with Crippen LogP contribution in [0.4, 0.5) is 0 Å². The fraction of sp³-hybridized carbons (Fsp3) is 0.368. The standard InChI is InChI=1S/C19H22N2O5/c1-6-14-13(9-16(23-3)19(25-5)18(14)24-4)7-8-15(21-12(2)22)17-10-20-11-26-17/h1,9-11,15H,7-8H2,2-5H3,(H,21,22)/t15-/m0/s1. The molecule has 26 heavy (non-hydrogen) atoms. The van der Waals surface area contributed by atoms with Gasteiger partial charge in [0, 0.05) is 6.92 Å². The number of hydrogen-bond donors (Lipinski definition) is 1. The van der Waals surface area contributed by atoms with Gasteiger partial charge in [-0.25, -0.2) is 4.98 Å². The van der Waals surface area contributed by atoms with Crippen molar-refractivity contribution < 1.29 is 23.4 Å². The third-order valence-electron chi connectivity index (χ3n) is 3.93. The highest BCUT2D eigenvalue weighted by atomic mass is 16.5. The quantitative estimate of drug-likeness (QED) is 0.730. The Balaban J connectivity index is 2.35. The number of benzene rings is 1. The van der Waals surface area contributed by atoms with Gasteiger partial charge in [-0.3, -0.25) is 4.79 Å². The molecule has 0 saturated heterocycles. The minimum Gasteiger partial charge on any atom is -0.493 e. The highest BCUT2D eigenvalue weighted by Crippen LogP contribution is 2.42. The number of carbonyl (C=O) groups excluding carboxylic acids is 1. The zero-order valence-electron chi connectivity index (χ0n) is 15.3. The first-order valence-corrected chi connectivity index (χ1v) is 7.99. The van der Waals surface area contributed by atoms with Gasteiger partial charge >= 0.3 is 0 Å². The first-order chi connectivity index (χ1) is 12.5. The van der Waals surface area contributed by atoms with E-state index in [4.69, 9.17) is 25.1 Å². The third-order valence-corrected chi connectivity index (χ3v) is 3.93. The zero-order valence-corrected chi connectivity index (χ0v) is 15.3. The van der Waals surface area contributed by atoms with E-state index in [1.165, 1.54) is 27.5 Å². The van der Waals surface area contributed by atoms with Gasteiger partial charge in [0.15, 0.2) is 17.9 Å². The summed E-state index contributed by atoms with van der Waals surface area (Å²) in [6.45, 7) is 1.45. The van der Waals surface area contributed by atoms with Crippen molar-refractivity contribution in [2.45, 2.75) is 25.8 Å². The lowest BCUT2D eigenvalue weighted by molar-refractivity contribution is -0.119. The zero-order chi connectivity index (χ0) is 19.1. The van der Waals surface area contributed by atoms with Crippen LogP contribution in [0, 0.1) is 12.3 Å². The molecule has 0 unspecified atom stereocenters. The smallest absolute Gasteiger partial charge is 0.217 e. The lowest BCUT2D eigenvalue weighted by Crippen LogP contribution is -2.26. The molecule has 2 aromatic rings. The fourth-order valence-electron chi connectivity index (χ4n) is 2.79. The molecule has 138 valence electrons. The SMILES string of the molecule is C#Cc1c(CC[C@H](NC(C)=O)c2cnco2)cc(OC)c(OC)c1OC. The topological polar surface area (TPSA) is 82.8 Å². The van der Waals surface area contributed by atoms with E-state index in [0.29, 0.717) is 41.4 Å². The lowest BCUT2D eigenvalue weighted by atomic mass is 9.97. The highest BCUT2D eigenvalue weighted by molar-refractivity contribution is 5.73. The lowest BCUT2D eigenvalue weighted by Gasteiger charge is -2.19. The summed E-state index contributed by atoms with van der Waals surface area (Å²) in [4.78, 5) is 15.4. The molecule has 0 radical (unpaired) electrons. The van der Waals surface area contributed by atoms with E-state index in [1.54, 1.807) is 13.3 Å². The van der Waals surface area contributed by atoms with Crippen LogP contribution < -0.4 is 19.5 Å². The Morgan fingerprint density at radius 3 is 2.54 bits per heavy atom. The van der Waals surface area contributed by atoms with Crippen LogP contribution in [-0.4, -0.2) is 32.2 Å². The molecule has 0 bridgehead atoms. The molecule has 2 rings (SSSR count). The van der Waals surface area contributed by atoms with Crippen molar-refractivity contribution >= 4 is 5.91 Å². The van der Waals surface area contributed by atoms with Crippen molar-refractivity contribution in [2.24, 2.45) is 0 Å². The average molecular weight is 358 g/mol. The Morgan fingerprint density at radius 1 is 1.31 bits per heavy atom. The van der Waals surface area contributed by atoms with Crippen molar-refractivity contribution in [2.75, 3.05) is 21.3 Å². The van der Waals surface area contributed by atoms with Gasteiger partial charge in [0.1, 0.15) is 5.76 Å². The molecule has 1 aromatic carbocycles. The van der Waals surface area contributed by atoms with Crippen molar-refractivity contribution in [3.05, 3.63) is 35.5 Å². The van der Waals surface area contributed by atoms with Crippen molar-refractivity contribution in [1.82, 2.24) is 10.3 Å². The molecule has 0 aliphatic heterocycles. The predicted molar refractivity (Wildman–Crippen MR) is 95.4 cm³/mol. The largest absolute Gasteiger partial charge is 0.493 e. The molecule has 0 aliphatic carbocycles. The van der Waals surface area contributed by atoms with E-state index >= 15 is 0 Å². The summed E-state index contributed by atoms with van der Waals surface area (Å²) < 4.78 is 21.5. The molecule has 1 N–H and O–H groups in total. The Labute approximate surface area is 152 Å². The summed E-state index contributed by atoms with van der Waals surface area (Å²) >= 11 is 0. The minimum atomic E-state index is -0.320. The van der Waals surface area contributed by atoms with E-state index in [2.05, 4.69) is 16.2 Å². The fourth-order valence-corrected chi connectivity index (χ4v) is 2.79. The molecule has 1 amide bonds. The van der Waals surface area contributed by atoms with Crippen LogP contribution in [0.25, 0.3) is 0 Å². The minimum absolute atomic E-state index is 0.159. The predicted octanol–water partition coefficient (Wildman–Crippen LogP) is 2.49. The average Bonchev–Trinajstić information content (AvgIpc) is 3.17. The van der Waals surface area contributed by atoms with Gasteiger partial charge < -0.3 is 23.9 Å². The molecule has 0 spiro atoms. The first-order valence-electron chi connectivity index (χ1n) is 7.99. The highest BCUT2D eigenvalue weighted by Gasteiger charge is 2.22. The Kier molecular flexibility index (Phi) is 6.50. The van der Waals surface area contributed by atoms with Gasteiger partial charge in [0.2, 0.25) is 11.7 Å². The van der Waals surface area contributed by atoms with E-state index < -0.39 is 0 Å². The molecule has 0 fully saturated rings. The van der Waals surface area contributed by atoms with Crippen molar-refractivity contribution in [3.8, 4) is 29.6 Å². The van der Waals surface area contributed by atoms with Crippen molar-refractivity contribution in [1.29, 1.82) is 0 Å². The Bertz CT molecular complexity index is 793. The van der Waals surface area contributed by atoms with Crippen LogP contribution in [0.2, 0.25) is 0 Å². The molecular weight excluding hydrogens is 336 g/mol. The summed E-state index contributed by atoms with van der Waals surface area (Å²) in [5, 5.41) is 2.86. The molecule has 7 nitrogen and oxygen atoms in total. The maximum Gasteiger partial charge on any atom is 0.217 e. The summed E-state index contributed by atoms with van der Waals surface area (Å²) in [6, 6.07) is 1.50. The summed E-state index contributed by atoms with van der Waals surface area (Å²) in [5.74, 6) is 4.49. The maximum absolute atomic E-state index is 11.5. The number of rotatable bonds is 8. The van der Waals surface area contributed by atoms with Crippen LogP contribution in [-0.2, 0) is 11.2 Å². The number of aromatic nitrogens is 1. The molecule has 1 aromatic heterocycles. The third kappa shape index (κ3) is 4.09. The number of nitrogens with one attached hydrogen (secondary N) is 1. The van der Waals surface area contributed by atoms with Gasteiger partial charge in [-0.05, 0) is 24.5 Å². The number of nitrogens with zero attached hydrogens (tertiary/aromatic N) is 1. The van der Waals surface area contributed by atoms with Crippen LogP contribution >= 0.6 is 0 Å². The first kappa shape index (κ1) is 19.2. The van der Waals surface area contributed by atoms with Gasteiger partial charge in [-0.15, -0.1) is 6.42 Å². The summed E-state index contributed by atoms with van der Waals surface area (Å²) in [5.41, 5.74) is 1.43. The number of carbonyl (C=O) groups is 1. The van der Waals surface area contributed by atoms with Crippen molar-refractivity contribution in [3.63, 3.8) is 0 Å². The summed E-state index contributed by atoms with van der Waals surface area (Å²) in [7, 11) is 4.60. The monoisotopic (exact) mass is 358 g/mol. The van der Waals surface area contributed by atoms with E-state index in [1.807, 2.05) is 6.07 Å². The Hall–Kier alpha value is -3.14. The molecule has 1 atom stereocenters. The van der Waals surface area contributed by atoms with Gasteiger partial charge in [0.25, 0.3) is 0 Å². The second-order valence-electron chi connectivity index (χ2n) is 5.52. The summed E-state index contributed by atoms with van der Waals surface area (Å²) in [6.07, 6.45) is 9.73. The van der Waals surface area contributed by atoms with Gasteiger partial charge in [-0.2, -0.15) is 0 Å². The number of amides is 1. The Morgan fingerprint density at radius 2 is 2.04 bits per heavy atom. The number of ether oxygens (including phenoxy) is 3. The van der Waals surface area contributed by atoms with Gasteiger partial charge in [0.05, 0.1) is 39.1 Å². The van der Waals surface area contributed by atoms with Crippen LogP contribution in [0.5, 0.6) is 17.2 Å². The molecule has 0 aliphatic rings.